The van der Waals surface area contributed by atoms with E-state index in [2.05, 4.69) is 55.3 Å². The fraction of sp³-hybridized carbons (Fsp3) is 0.741. The third-order valence-corrected chi connectivity index (χ3v) is 8.13. The van der Waals surface area contributed by atoms with Crippen molar-refractivity contribution >= 4 is 5.91 Å². The zero-order valence-electron chi connectivity index (χ0n) is 20.2. The van der Waals surface area contributed by atoms with E-state index in [1.807, 2.05) is 0 Å². The van der Waals surface area contributed by atoms with Gasteiger partial charge in [0, 0.05) is 26.2 Å². The largest absolute Gasteiger partial charge is 0.376 e. The summed E-state index contributed by atoms with van der Waals surface area (Å²) in [6.45, 7) is 9.93. The fourth-order valence-corrected chi connectivity index (χ4v) is 6.10. The number of nitrogens with one attached hydrogen (secondary N) is 1. The maximum absolute atomic E-state index is 15.6. The van der Waals surface area contributed by atoms with E-state index in [-0.39, 0.29) is 18.1 Å². The molecule has 0 radical (unpaired) electrons. The molecule has 178 valence electrons. The number of aryl methyl sites for hydroxylation is 1. The number of nitrogens with zero attached hydrogens (tertiary/aromatic N) is 1. The van der Waals surface area contributed by atoms with E-state index < -0.39 is 11.1 Å². The lowest BCUT2D eigenvalue weighted by Crippen LogP contribution is -2.52. The van der Waals surface area contributed by atoms with Gasteiger partial charge in [-0.25, -0.2) is 4.39 Å². The van der Waals surface area contributed by atoms with Crippen molar-refractivity contribution in [2.45, 2.75) is 88.8 Å². The topological polar surface area (TPSA) is 41.6 Å². The van der Waals surface area contributed by atoms with E-state index >= 15 is 4.39 Å². The first kappa shape index (κ1) is 23.7. The lowest BCUT2D eigenvalue weighted by Gasteiger charge is -2.41. The van der Waals surface area contributed by atoms with Crippen molar-refractivity contribution in [3.63, 3.8) is 0 Å². The third kappa shape index (κ3) is 5.36. The van der Waals surface area contributed by atoms with Crippen LogP contribution in [-0.4, -0.2) is 54.9 Å². The van der Waals surface area contributed by atoms with Crippen molar-refractivity contribution < 1.29 is 13.9 Å². The molecule has 4 nitrogen and oxygen atoms in total. The lowest BCUT2D eigenvalue weighted by atomic mass is 9.77. The minimum atomic E-state index is -1.30. The van der Waals surface area contributed by atoms with Gasteiger partial charge < -0.3 is 15.0 Å². The van der Waals surface area contributed by atoms with E-state index in [4.69, 9.17) is 4.74 Å². The molecule has 0 aromatic heterocycles. The Bertz CT molecular complexity index is 777. The molecule has 1 atom stereocenters. The van der Waals surface area contributed by atoms with E-state index in [9.17, 15) is 4.79 Å². The van der Waals surface area contributed by atoms with E-state index in [0.717, 1.165) is 70.3 Å². The summed E-state index contributed by atoms with van der Waals surface area (Å²) in [6, 6.07) is 8.33. The van der Waals surface area contributed by atoms with Crippen LogP contribution in [0.25, 0.3) is 0 Å². The van der Waals surface area contributed by atoms with E-state index in [1.54, 1.807) is 0 Å². The number of amides is 1. The first-order valence-corrected chi connectivity index (χ1v) is 12.6. The van der Waals surface area contributed by atoms with Crippen LogP contribution >= 0.6 is 0 Å². The van der Waals surface area contributed by atoms with Gasteiger partial charge in [-0.2, -0.15) is 0 Å². The Morgan fingerprint density at radius 2 is 1.78 bits per heavy atom. The maximum atomic E-state index is 15.6. The summed E-state index contributed by atoms with van der Waals surface area (Å²) < 4.78 is 21.5. The molecule has 2 aliphatic heterocycles. The number of rotatable bonds is 6. The summed E-state index contributed by atoms with van der Waals surface area (Å²) in [5, 5.41) is 3.05. The molecule has 5 heteroatoms. The smallest absolute Gasteiger partial charge is 0.230 e. The zero-order chi connectivity index (χ0) is 22.8. The maximum Gasteiger partial charge on any atom is 0.230 e. The minimum absolute atomic E-state index is 0.0164. The van der Waals surface area contributed by atoms with Crippen LogP contribution in [0.4, 0.5) is 4.39 Å². The average Bonchev–Trinajstić information content (AvgIpc) is 3.25. The number of hydrogen-bond acceptors (Lipinski definition) is 3. The molecular weight excluding hydrogens is 403 g/mol. The van der Waals surface area contributed by atoms with Crippen LogP contribution < -0.4 is 5.32 Å². The van der Waals surface area contributed by atoms with Gasteiger partial charge in [-0.1, -0.05) is 42.7 Å². The first-order chi connectivity index (χ1) is 15.2. The van der Waals surface area contributed by atoms with Crippen LogP contribution in [-0.2, 0) is 14.9 Å². The number of piperidine rings is 1. The summed E-state index contributed by atoms with van der Waals surface area (Å²) in [6.07, 6.45) is 6.99. The highest BCUT2D eigenvalue weighted by atomic mass is 19.1. The average molecular weight is 445 g/mol. The highest BCUT2D eigenvalue weighted by Gasteiger charge is 2.44. The Labute approximate surface area is 193 Å². The van der Waals surface area contributed by atoms with Crippen molar-refractivity contribution in [1.29, 1.82) is 0 Å². The number of likely N-dealkylation sites (tertiary alicyclic amines) is 1. The zero-order valence-corrected chi connectivity index (χ0v) is 20.2. The van der Waals surface area contributed by atoms with Crippen molar-refractivity contribution in [2.75, 3.05) is 32.8 Å². The van der Waals surface area contributed by atoms with Crippen molar-refractivity contribution in [3.8, 4) is 0 Å². The Balaban J connectivity index is 1.30. The number of benzene rings is 1. The van der Waals surface area contributed by atoms with Crippen molar-refractivity contribution in [1.82, 2.24) is 10.2 Å². The van der Waals surface area contributed by atoms with Gasteiger partial charge in [0.25, 0.3) is 0 Å². The second-order valence-corrected chi connectivity index (χ2v) is 11.3. The molecule has 3 fully saturated rings. The van der Waals surface area contributed by atoms with Gasteiger partial charge in [-0.05, 0) is 70.8 Å². The number of ether oxygens (including phenoxy) is 1. The summed E-state index contributed by atoms with van der Waals surface area (Å²) in [7, 11) is 0. The first-order valence-electron chi connectivity index (χ1n) is 12.6. The summed E-state index contributed by atoms with van der Waals surface area (Å²) in [5.74, 6) is 0.644. The quantitative estimate of drug-likeness (QED) is 0.676. The molecule has 32 heavy (non-hydrogen) atoms. The Morgan fingerprint density at radius 1 is 1.12 bits per heavy atom. The molecule has 0 spiro atoms. The normalized spacial score (nSPS) is 27.2. The predicted octanol–water partition coefficient (Wildman–Crippen LogP) is 4.93. The number of carbonyl (C=O) groups excluding carboxylic acids is 1. The second kappa shape index (κ2) is 9.42. The molecule has 1 saturated carbocycles. The highest BCUT2D eigenvalue weighted by Crippen LogP contribution is 2.42. The summed E-state index contributed by atoms with van der Waals surface area (Å²) in [5.41, 5.74) is 0.455. The number of hydrogen-bond donors (Lipinski definition) is 1. The van der Waals surface area contributed by atoms with Gasteiger partial charge >= 0.3 is 0 Å². The third-order valence-electron chi connectivity index (χ3n) is 8.13. The van der Waals surface area contributed by atoms with Crippen molar-refractivity contribution in [3.05, 3.63) is 35.4 Å². The molecule has 1 aromatic carbocycles. The predicted molar refractivity (Wildman–Crippen MR) is 127 cm³/mol. The van der Waals surface area contributed by atoms with Crippen LogP contribution in [0.5, 0.6) is 0 Å². The van der Waals surface area contributed by atoms with Crippen LogP contribution in [0.15, 0.2) is 24.3 Å². The minimum Gasteiger partial charge on any atom is -0.376 e. The van der Waals surface area contributed by atoms with Crippen LogP contribution in [0.2, 0.25) is 0 Å². The Morgan fingerprint density at radius 3 is 2.41 bits per heavy atom. The van der Waals surface area contributed by atoms with Gasteiger partial charge in [0.05, 0.1) is 17.6 Å². The van der Waals surface area contributed by atoms with E-state index in [1.165, 1.54) is 5.56 Å². The lowest BCUT2D eigenvalue weighted by molar-refractivity contribution is -0.127. The molecule has 0 bridgehead atoms. The fourth-order valence-electron chi connectivity index (χ4n) is 6.10. The van der Waals surface area contributed by atoms with Crippen LogP contribution in [0, 0.1) is 12.8 Å². The molecule has 1 unspecified atom stereocenters. The standard InChI is InChI=1S/C27H41FN2O2/c1-21-6-8-23(9-7-21)27(11-4-5-12-27)24(31)29-20-26(28)13-15-30(16-14-26)19-22-10-17-32-25(2,3)18-22/h6-9,22H,4-5,10-20H2,1-3H3,(H,29,31). The molecule has 1 N–H and O–H groups in total. The van der Waals surface area contributed by atoms with Gasteiger partial charge in [0.15, 0.2) is 0 Å². The number of carbonyl (C=O) groups is 1. The SMILES string of the molecule is Cc1ccc(C2(C(=O)NCC3(F)CCN(CC4CCOC(C)(C)C4)CC3)CCCC2)cc1. The number of alkyl halides is 1. The molecule has 1 aromatic rings. The van der Waals surface area contributed by atoms with Crippen LogP contribution in [0.3, 0.4) is 0 Å². The van der Waals surface area contributed by atoms with Gasteiger partial charge in [0.1, 0.15) is 5.67 Å². The van der Waals surface area contributed by atoms with Crippen LogP contribution in [0.1, 0.15) is 76.3 Å². The van der Waals surface area contributed by atoms with Gasteiger partial charge in [-0.15, -0.1) is 0 Å². The van der Waals surface area contributed by atoms with Gasteiger partial charge in [-0.3, -0.25) is 4.79 Å². The summed E-state index contributed by atoms with van der Waals surface area (Å²) >= 11 is 0. The molecule has 3 aliphatic rings. The molecule has 2 heterocycles. The van der Waals surface area contributed by atoms with E-state index in [0.29, 0.717) is 18.8 Å². The molecular formula is C27H41FN2O2. The molecule has 1 aliphatic carbocycles. The molecule has 2 saturated heterocycles. The van der Waals surface area contributed by atoms with Gasteiger partial charge in [0.2, 0.25) is 5.91 Å². The second-order valence-electron chi connectivity index (χ2n) is 11.3. The summed E-state index contributed by atoms with van der Waals surface area (Å²) in [4.78, 5) is 15.7. The molecule has 4 rings (SSSR count). The van der Waals surface area contributed by atoms with Crippen molar-refractivity contribution in [2.24, 2.45) is 5.92 Å². The molecule has 1 amide bonds. The number of halogens is 1. The highest BCUT2D eigenvalue weighted by molar-refractivity contribution is 5.88. The monoisotopic (exact) mass is 444 g/mol. The Kier molecular flexibility index (Phi) is 6.97. The Hall–Kier alpha value is -1.46.